The van der Waals surface area contributed by atoms with Crippen molar-refractivity contribution < 1.29 is 9.53 Å². The molecule has 0 radical (unpaired) electrons. The molecule has 0 aromatic heterocycles. The maximum Gasteiger partial charge on any atom is 0.267 e. The fourth-order valence-corrected chi connectivity index (χ4v) is 2.02. The van der Waals surface area contributed by atoms with Gasteiger partial charge in [-0.1, -0.05) is 25.5 Å². The number of amides is 1. The van der Waals surface area contributed by atoms with Gasteiger partial charge in [-0.25, -0.2) is 0 Å². The van der Waals surface area contributed by atoms with E-state index in [1.807, 2.05) is 38.1 Å². The molecule has 130 valence electrons. The number of aryl methyl sites for hydroxylation is 1. The van der Waals surface area contributed by atoms with Crippen LogP contribution in [-0.2, 0) is 9.53 Å². The summed E-state index contributed by atoms with van der Waals surface area (Å²) in [6, 6.07) is 7.62. The van der Waals surface area contributed by atoms with Crippen molar-refractivity contribution >= 4 is 11.6 Å². The fraction of sp³-hybridized carbons (Fsp3) is 0.474. The number of benzene rings is 1. The zero-order chi connectivity index (χ0) is 17.8. The SMILES string of the molecule is CCCCOCCCN/C=C(/C#N)C(=O)Nc1cccc(C)c1C. The summed E-state index contributed by atoms with van der Waals surface area (Å²) in [6.07, 6.45) is 4.50. The molecule has 0 atom stereocenters. The van der Waals surface area contributed by atoms with Crippen molar-refractivity contribution in [2.24, 2.45) is 0 Å². The van der Waals surface area contributed by atoms with Gasteiger partial charge in [0.2, 0.25) is 0 Å². The van der Waals surface area contributed by atoms with Crippen LogP contribution in [0.5, 0.6) is 0 Å². The van der Waals surface area contributed by atoms with Crippen molar-refractivity contribution in [2.75, 3.05) is 25.1 Å². The van der Waals surface area contributed by atoms with E-state index in [-0.39, 0.29) is 5.57 Å². The van der Waals surface area contributed by atoms with Gasteiger partial charge >= 0.3 is 0 Å². The summed E-state index contributed by atoms with van der Waals surface area (Å²) in [6.45, 7) is 8.18. The van der Waals surface area contributed by atoms with Gasteiger partial charge in [0.05, 0.1) is 0 Å². The van der Waals surface area contributed by atoms with Crippen molar-refractivity contribution in [3.8, 4) is 6.07 Å². The lowest BCUT2D eigenvalue weighted by Gasteiger charge is -2.10. The first-order chi connectivity index (χ1) is 11.6. The summed E-state index contributed by atoms with van der Waals surface area (Å²) in [7, 11) is 0. The van der Waals surface area contributed by atoms with E-state index in [0.717, 1.165) is 42.7 Å². The van der Waals surface area contributed by atoms with Crippen molar-refractivity contribution in [1.29, 1.82) is 5.26 Å². The molecule has 5 heteroatoms. The van der Waals surface area contributed by atoms with Gasteiger partial charge in [-0.2, -0.15) is 5.26 Å². The molecule has 0 aliphatic heterocycles. The van der Waals surface area contributed by atoms with Crippen LogP contribution in [0.1, 0.15) is 37.3 Å². The molecule has 0 unspecified atom stereocenters. The minimum Gasteiger partial charge on any atom is -0.390 e. The van der Waals surface area contributed by atoms with Crippen LogP contribution in [-0.4, -0.2) is 25.7 Å². The van der Waals surface area contributed by atoms with E-state index in [9.17, 15) is 4.79 Å². The van der Waals surface area contributed by atoms with Gasteiger partial charge in [0.15, 0.2) is 0 Å². The minimum atomic E-state index is -0.405. The summed E-state index contributed by atoms with van der Waals surface area (Å²) in [4.78, 5) is 12.2. The van der Waals surface area contributed by atoms with Crippen LogP contribution >= 0.6 is 0 Å². The molecule has 1 aromatic rings. The first-order valence-electron chi connectivity index (χ1n) is 8.39. The molecule has 24 heavy (non-hydrogen) atoms. The maximum atomic E-state index is 12.2. The third kappa shape index (κ3) is 6.84. The van der Waals surface area contributed by atoms with Gasteiger partial charge in [0.25, 0.3) is 5.91 Å². The van der Waals surface area contributed by atoms with Crippen LogP contribution in [0.25, 0.3) is 0 Å². The molecule has 1 amide bonds. The predicted octanol–water partition coefficient (Wildman–Crippen LogP) is 3.45. The first-order valence-corrected chi connectivity index (χ1v) is 8.39. The minimum absolute atomic E-state index is 0.0582. The Bertz CT molecular complexity index is 603. The predicted molar refractivity (Wildman–Crippen MR) is 96.6 cm³/mol. The van der Waals surface area contributed by atoms with E-state index >= 15 is 0 Å². The molecule has 1 aromatic carbocycles. The molecule has 5 nitrogen and oxygen atoms in total. The number of nitrogens with one attached hydrogen (secondary N) is 2. The number of carbonyl (C=O) groups is 1. The van der Waals surface area contributed by atoms with Crippen LogP contribution in [0.15, 0.2) is 30.0 Å². The van der Waals surface area contributed by atoms with Crippen LogP contribution in [0.2, 0.25) is 0 Å². The number of hydrogen-bond donors (Lipinski definition) is 2. The molecule has 0 saturated heterocycles. The smallest absolute Gasteiger partial charge is 0.267 e. The van der Waals surface area contributed by atoms with Gasteiger partial charge < -0.3 is 15.4 Å². The highest BCUT2D eigenvalue weighted by Crippen LogP contribution is 2.18. The summed E-state index contributed by atoms with van der Waals surface area (Å²) in [5.74, 6) is -0.405. The van der Waals surface area contributed by atoms with Gasteiger partial charge in [0.1, 0.15) is 11.6 Å². The van der Waals surface area contributed by atoms with Crippen LogP contribution in [0.3, 0.4) is 0 Å². The van der Waals surface area contributed by atoms with Crippen LogP contribution in [0.4, 0.5) is 5.69 Å². The van der Waals surface area contributed by atoms with E-state index in [2.05, 4.69) is 17.6 Å². The van der Waals surface area contributed by atoms with Crippen LogP contribution in [0, 0.1) is 25.2 Å². The van der Waals surface area contributed by atoms with Gasteiger partial charge in [-0.05, 0) is 43.9 Å². The van der Waals surface area contributed by atoms with Gasteiger partial charge in [0, 0.05) is 31.6 Å². The maximum absolute atomic E-state index is 12.2. The highest BCUT2D eigenvalue weighted by Gasteiger charge is 2.10. The lowest BCUT2D eigenvalue weighted by atomic mass is 10.1. The highest BCUT2D eigenvalue weighted by molar-refractivity contribution is 6.06. The molecule has 0 saturated carbocycles. The Balaban J connectivity index is 2.43. The quantitative estimate of drug-likeness (QED) is 0.392. The normalized spacial score (nSPS) is 11.0. The van der Waals surface area contributed by atoms with E-state index < -0.39 is 5.91 Å². The number of carbonyl (C=O) groups excluding carboxylic acids is 1. The molecule has 0 spiro atoms. The zero-order valence-electron chi connectivity index (χ0n) is 14.8. The third-order valence-electron chi connectivity index (χ3n) is 3.72. The van der Waals surface area contributed by atoms with Crippen molar-refractivity contribution in [3.63, 3.8) is 0 Å². The molecule has 0 aliphatic carbocycles. The zero-order valence-corrected chi connectivity index (χ0v) is 14.8. The Labute approximate surface area is 144 Å². The van der Waals surface area contributed by atoms with Crippen molar-refractivity contribution in [3.05, 3.63) is 41.1 Å². The van der Waals surface area contributed by atoms with E-state index in [1.54, 1.807) is 0 Å². The Kier molecular flexibility index (Phi) is 9.25. The third-order valence-corrected chi connectivity index (χ3v) is 3.72. The van der Waals surface area contributed by atoms with E-state index in [1.165, 1.54) is 6.20 Å². The average Bonchev–Trinajstić information content (AvgIpc) is 2.57. The topological polar surface area (TPSA) is 74.1 Å². The Morgan fingerprint density at radius 3 is 2.75 bits per heavy atom. The number of nitrogens with zero attached hydrogens (tertiary/aromatic N) is 1. The summed E-state index contributed by atoms with van der Waals surface area (Å²) < 4.78 is 5.45. The second kappa shape index (κ2) is 11.3. The average molecular weight is 329 g/mol. The monoisotopic (exact) mass is 329 g/mol. The van der Waals surface area contributed by atoms with Crippen LogP contribution < -0.4 is 10.6 Å². The summed E-state index contributed by atoms with van der Waals surface area (Å²) in [5, 5.41) is 14.9. The van der Waals surface area contributed by atoms with Crippen molar-refractivity contribution in [2.45, 2.75) is 40.0 Å². The molecular formula is C19H27N3O2. The highest BCUT2D eigenvalue weighted by atomic mass is 16.5. The molecule has 0 fully saturated rings. The van der Waals surface area contributed by atoms with Crippen molar-refractivity contribution in [1.82, 2.24) is 5.32 Å². The van der Waals surface area contributed by atoms with Gasteiger partial charge in [-0.15, -0.1) is 0 Å². The largest absolute Gasteiger partial charge is 0.390 e. The fourth-order valence-electron chi connectivity index (χ4n) is 2.02. The van der Waals surface area contributed by atoms with E-state index in [4.69, 9.17) is 10.00 Å². The lowest BCUT2D eigenvalue weighted by Crippen LogP contribution is -2.18. The molecule has 2 N–H and O–H groups in total. The number of anilines is 1. The molecule has 1 rings (SSSR count). The summed E-state index contributed by atoms with van der Waals surface area (Å²) in [5.41, 5.74) is 2.88. The standard InChI is InChI=1S/C19H27N3O2/c1-4-5-11-24-12-7-10-21-14-17(13-20)19(23)22-18-9-6-8-15(2)16(18)3/h6,8-9,14,21H,4-5,7,10-12H2,1-3H3,(H,22,23)/b17-14-. The lowest BCUT2D eigenvalue weighted by molar-refractivity contribution is -0.112. The molecule has 0 bridgehead atoms. The second-order valence-corrected chi connectivity index (χ2v) is 5.65. The number of rotatable bonds is 10. The molecule has 0 heterocycles. The van der Waals surface area contributed by atoms with Gasteiger partial charge in [-0.3, -0.25) is 4.79 Å². The number of unbranched alkanes of at least 4 members (excludes halogenated alkanes) is 1. The Hall–Kier alpha value is -2.32. The second-order valence-electron chi connectivity index (χ2n) is 5.65. The Morgan fingerprint density at radius 2 is 2.04 bits per heavy atom. The Morgan fingerprint density at radius 1 is 1.29 bits per heavy atom. The number of hydrogen-bond acceptors (Lipinski definition) is 4. The molecular weight excluding hydrogens is 302 g/mol. The molecule has 0 aliphatic rings. The van der Waals surface area contributed by atoms with E-state index in [0.29, 0.717) is 13.2 Å². The first kappa shape index (κ1) is 19.7. The number of nitriles is 1. The number of ether oxygens (including phenoxy) is 1. The summed E-state index contributed by atoms with van der Waals surface area (Å²) >= 11 is 0.